The summed E-state index contributed by atoms with van der Waals surface area (Å²) in [5.41, 5.74) is -0.600. The van der Waals surface area contributed by atoms with Gasteiger partial charge in [0.1, 0.15) is 22.4 Å². The zero-order valence-electron chi connectivity index (χ0n) is 13.8. The standard InChI is InChI=1S/C17H13BrClF2N3O2/c1-3-23-16(15-12(20)4-10(26-2)5-13(15)21)14(6-11(19)17(23)25)24-8-9(18)7-22-24/h4-8H,3H2,1-2H3. The van der Waals surface area contributed by atoms with Crippen LogP contribution in [0.25, 0.3) is 16.9 Å². The molecule has 1 aromatic carbocycles. The van der Waals surface area contributed by atoms with Crippen molar-refractivity contribution in [3.63, 3.8) is 0 Å². The molecule has 0 spiro atoms. The number of halogens is 4. The Balaban J connectivity index is 2.44. The van der Waals surface area contributed by atoms with Gasteiger partial charge >= 0.3 is 0 Å². The van der Waals surface area contributed by atoms with Gasteiger partial charge in [0.15, 0.2) is 0 Å². The number of methoxy groups -OCH3 is 1. The fourth-order valence-electron chi connectivity index (χ4n) is 2.68. The van der Waals surface area contributed by atoms with Gasteiger partial charge < -0.3 is 9.30 Å². The molecule has 0 unspecified atom stereocenters. The van der Waals surface area contributed by atoms with Gasteiger partial charge in [0.25, 0.3) is 5.56 Å². The second-order valence-electron chi connectivity index (χ2n) is 5.34. The Kier molecular flexibility index (Phi) is 5.15. The fourth-order valence-corrected chi connectivity index (χ4v) is 3.18. The Bertz CT molecular complexity index is 1030. The highest BCUT2D eigenvalue weighted by molar-refractivity contribution is 9.10. The van der Waals surface area contributed by atoms with E-state index < -0.39 is 17.2 Å². The second kappa shape index (κ2) is 7.20. The maximum Gasteiger partial charge on any atom is 0.269 e. The summed E-state index contributed by atoms with van der Waals surface area (Å²) in [6, 6.07) is 3.45. The van der Waals surface area contributed by atoms with E-state index in [1.54, 1.807) is 13.1 Å². The quantitative estimate of drug-likeness (QED) is 0.598. The van der Waals surface area contributed by atoms with Crippen LogP contribution >= 0.6 is 27.5 Å². The van der Waals surface area contributed by atoms with Gasteiger partial charge in [-0.3, -0.25) is 4.79 Å². The molecule has 0 amide bonds. The van der Waals surface area contributed by atoms with Crippen LogP contribution in [-0.4, -0.2) is 21.5 Å². The van der Waals surface area contributed by atoms with Gasteiger partial charge in [-0.15, -0.1) is 0 Å². The van der Waals surface area contributed by atoms with Crippen molar-refractivity contribution in [1.82, 2.24) is 14.3 Å². The Labute approximate surface area is 160 Å². The molecular formula is C17H13BrClF2N3O2. The first-order valence-electron chi connectivity index (χ1n) is 7.54. The zero-order valence-corrected chi connectivity index (χ0v) is 16.1. The average molecular weight is 445 g/mol. The highest BCUT2D eigenvalue weighted by atomic mass is 79.9. The maximum absolute atomic E-state index is 14.7. The molecule has 0 N–H and O–H groups in total. The maximum atomic E-state index is 14.7. The molecule has 2 aromatic heterocycles. The van der Waals surface area contributed by atoms with Crippen LogP contribution < -0.4 is 10.3 Å². The molecule has 2 heterocycles. The summed E-state index contributed by atoms with van der Waals surface area (Å²) in [6.07, 6.45) is 3.11. The molecular weight excluding hydrogens is 432 g/mol. The van der Waals surface area contributed by atoms with E-state index in [-0.39, 0.29) is 34.3 Å². The predicted molar refractivity (Wildman–Crippen MR) is 98.1 cm³/mol. The second-order valence-corrected chi connectivity index (χ2v) is 6.67. The van der Waals surface area contributed by atoms with Gasteiger partial charge in [-0.1, -0.05) is 11.6 Å². The average Bonchev–Trinajstić information content (AvgIpc) is 3.03. The molecule has 0 saturated heterocycles. The first-order chi connectivity index (χ1) is 12.4. The van der Waals surface area contributed by atoms with Crippen LogP contribution in [0.3, 0.4) is 0 Å². The third-order valence-electron chi connectivity index (χ3n) is 3.83. The van der Waals surface area contributed by atoms with Crippen molar-refractivity contribution < 1.29 is 13.5 Å². The zero-order chi connectivity index (χ0) is 19.0. The SMILES string of the molecule is CCn1c(-c2c(F)cc(OC)cc2F)c(-n2cc(Br)cn2)cc(Cl)c1=O. The van der Waals surface area contributed by atoms with Crippen molar-refractivity contribution >= 4 is 27.5 Å². The molecule has 5 nitrogen and oxygen atoms in total. The summed E-state index contributed by atoms with van der Waals surface area (Å²) in [5.74, 6) is -1.69. The minimum atomic E-state index is -0.863. The first-order valence-corrected chi connectivity index (χ1v) is 8.71. The van der Waals surface area contributed by atoms with Gasteiger partial charge in [-0.2, -0.15) is 5.10 Å². The van der Waals surface area contributed by atoms with Crippen molar-refractivity contribution in [3.8, 4) is 22.7 Å². The summed E-state index contributed by atoms with van der Waals surface area (Å²) in [6.45, 7) is 1.85. The third kappa shape index (κ3) is 3.14. The van der Waals surface area contributed by atoms with Gasteiger partial charge in [0, 0.05) is 24.9 Å². The molecule has 3 aromatic rings. The largest absolute Gasteiger partial charge is 0.497 e. The monoisotopic (exact) mass is 443 g/mol. The first kappa shape index (κ1) is 18.6. The normalized spacial score (nSPS) is 11.0. The molecule has 0 aliphatic rings. The molecule has 0 fully saturated rings. The highest BCUT2D eigenvalue weighted by Crippen LogP contribution is 2.34. The van der Waals surface area contributed by atoms with E-state index in [9.17, 15) is 13.6 Å². The van der Waals surface area contributed by atoms with Crippen molar-refractivity contribution in [2.24, 2.45) is 0 Å². The molecule has 0 aliphatic carbocycles. The van der Waals surface area contributed by atoms with Crippen LogP contribution in [0.2, 0.25) is 5.02 Å². The lowest BCUT2D eigenvalue weighted by molar-refractivity contribution is 0.407. The van der Waals surface area contributed by atoms with Gasteiger partial charge in [0.05, 0.1) is 34.7 Å². The summed E-state index contributed by atoms with van der Waals surface area (Å²) in [4.78, 5) is 12.5. The highest BCUT2D eigenvalue weighted by Gasteiger charge is 2.23. The molecule has 0 saturated carbocycles. The van der Waals surface area contributed by atoms with Crippen LogP contribution in [0.1, 0.15) is 6.92 Å². The van der Waals surface area contributed by atoms with E-state index >= 15 is 0 Å². The number of ether oxygens (including phenoxy) is 1. The molecule has 0 atom stereocenters. The van der Waals surface area contributed by atoms with Crippen LogP contribution in [0.5, 0.6) is 5.75 Å². The van der Waals surface area contributed by atoms with Crippen LogP contribution in [0.15, 0.2) is 39.9 Å². The number of benzene rings is 1. The Morgan fingerprint density at radius 2 is 1.92 bits per heavy atom. The number of hydrogen-bond acceptors (Lipinski definition) is 3. The molecule has 136 valence electrons. The van der Waals surface area contributed by atoms with E-state index in [0.29, 0.717) is 4.47 Å². The topological polar surface area (TPSA) is 49.0 Å². The summed E-state index contributed by atoms with van der Waals surface area (Å²) in [5, 5.41) is 4.06. The molecule has 0 bridgehead atoms. The lowest BCUT2D eigenvalue weighted by Crippen LogP contribution is -2.24. The smallest absolute Gasteiger partial charge is 0.269 e. The van der Waals surface area contributed by atoms with Crippen molar-refractivity contribution in [3.05, 3.63) is 62.1 Å². The summed E-state index contributed by atoms with van der Waals surface area (Å²) in [7, 11) is 1.31. The Morgan fingerprint density at radius 3 is 2.42 bits per heavy atom. The van der Waals surface area contributed by atoms with Crippen LogP contribution in [0, 0.1) is 11.6 Å². The predicted octanol–water partition coefficient (Wildman–Crippen LogP) is 4.42. The summed E-state index contributed by atoms with van der Waals surface area (Å²) < 4.78 is 37.6. The Hall–Kier alpha value is -2.19. The molecule has 9 heteroatoms. The number of pyridine rings is 1. The van der Waals surface area contributed by atoms with Gasteiger partial charge in [0.2, 0.25) is 0 Å². The van der Waals surface area contributed by atoms with Gasteiger partial charge in [-0.25, -0.2) is 13.5 Å². The number of hydrogen-bond donors (Lipinski definition) is 0. The Morgan fingerprint density at radius 1 is 1.27 bits per heavy atom. The van der Waals surface area contributed by atoms with E-state index in [1.165, 1.54) is 28.6 Å². The van der Waals surface area contributed by atoms with Gasteiger partial charge in [-0.05, 0) is 28.9 Å². The lowest BCUT2D eigenvalue weighted by atomic mass is 10.1. The van der Waals surface area contributed by atoms with E-state index in [0.717, 1.165) is 12.1 Å². The van der Waals surface area contributed by atoms with E-state index in [4.69, 9.17) is 16.3 Å². The minimum Gasteiger partial charge on any atom is -0.497 e. The molecule has 3 rings (SSSR count). The van der Waals surface area contributed by atoms with Crippen LogP contribution in [0.4, 0.5) is 8.78 Å². The van der Waals surface area contributed by atoms with Crippen molar-refractivity contribution in [2.45, 2.75) is 13.5 Å². The van der Waals surface area contributed by atoms with E-state index in [1.807, 2.05) is 0 Å². The number of aromatic nitrogens is 3. The lowest BCUT2D eigenvalue weighted by Gasteiger charge is -2.18. The molecule has 26 heavy (non-hydrogen) atoms. The number of nitrogens with zero attached hydrogens (tertiary/aromatic N) is 3. The summed E-state index contributed by atoms with van der Waals surface area (Å²) >= 11 is 9.32. The van der Waals surface area contributed by atoms with Crippen molar-refractivity contribution in [1.29, 1.82) is 0 Å². The molecule has 0 aliphatic heterocycles. The van der Waals surface area contributed by atoms with Crippen molar-refractivity contribution in [2.75, 3.05) is 7.11 Å². The molecule has 0 radical (unpaired) electrons. The fraction of sp³-hybridized carbons (Fsp3) is 0.176. The van der Waals surface area contributed by atoms with E-state index in [2.05, 4.69) is 21.0 Å². The number of rotatable bonds is 4. The third-order valence-corrected chi connectivity index (χ3v) is 4.51. The minimum absolute atomic E-state index is 0.0338. The van der Waals surface area contributed by atoms with Crippen LogP contribution in [-0.2, 0) is 6.54 Å².